The maximum atomic E-state index is 13.6. The molecule has 0 unspecified atom stereocenters. The van der Waals surface area contributed by atoms with E-state index < -0.39 is 41.4 Å². The third-order valence-electron chi connectivity index (χ3n) is 7.79. The molecule has 0 spiro atoms. The lowest BCUT2D eigenvalue weighted by molar-refractivity contribution is -0.154. The molecule has 0 saturated carbocycles. The van der Waals surface area contributed by atoms with Gasteiger partial charge in [-0.1, -0.05) is 66.2 Å². The van der Waals surface area contributed by atoms with Gasteiger partial charge in [-0.15, -0.1) is 0 Å². The second-order valence-electron chi connectivity index (χ2n) is 13.7. The van der Waals surface area contributed by atoms with Crippen LogP contribution in [0.4, 0.5) is 9.59 Å². The van der Waals surface area contributed by atoms with Gasteiger partial charge in [-0.05, 0) is 81.5 Å². The van der Waals surface area contributed by atoms with E-state index in [1.807, 2.05) is 48.5 Å². The van der Waals surface area contributed by atoms with Gasteiger partial charge in [-0.25, -0.2) is 19.0 Å². The quantitative estimate of drug-likeness (QED) is 0.145. The fourth-order valence-electron chi connectivity index (χ4n) is 6.01. The number of hydrogen-bond donors (Lipinski definition) is 2. The molecule has 11 heteroatoms. The summed E-state index contributed by atoms with van der Waals surface area (Å²) in [5.41, 5.74) is 3.26. The van der Waals surface area contributed by atoms with Crippen molar-refractivity contribution in [2.45, 2.75) is 77.5 Å². The van der Waals surface area contributed by atoms with Gasteiger partial charge in [0, 0.05) is 28.4 Å². The number of fused-ring (bicyclic) bond motifs is 4. The summed E-state index contributed by atoms with van der Waals surface area (Å²) < 4.78 is 18.1. The van der Waals surface area contributed by atoms with Gasteiger partial charge in [-0.3, -0.25) is 4.79 Å². The van der Waals surface area contributed by atoms with Crippen LogP contribution in [0.25, 0.3) is 22.0 Å². The Morgan fingerprint density at radius 1 is 0.875 bits per heavy atom. The number of aliphatic carboxylic acids is 1. The molecule has 48 heavy (non-hydrogen) atoms. The first-order valence-corrected chi connectivity index (χ1v) is 16.0. The highest BCUT2D eigenvalue weighted by Gasteiger charge is 2.33. The molecule has 1 aliphatic carbocycles. The Morgan fingerprint density at radius 2 is 1.46 bits per heavy atom. The Hall–Kier alpha value is -4.83. The standard InChI is InChI=1S/C37H39ClN2O8/c1-36(2,3)47-32(41)19-31-27(26-16-15-21(38)17-30(26)40(31)35(45)48-37(4,5)6)18-29(33(42)43)39-34(44)46-20-28-24-13-9-7-11-22(24)23-12-8-10-14-25(23)28/h7-17,28-29H,18-20H2,1-6H3,(H,39,44)(H,42,43)/t29-/m1/s1. The van der Waals surface area contributed by atoms with Crippen molar-refractivity contribution in [3.8, 4) is 11.1 Å². The Bertz CT molecular complexity index is 1850. The highest BCUT2D eigenvalue weighted by Crippen LogP contribution is 2.44. The summed E-state index contributed by atoms with van der Waals surface area (Å²) in [5, 5.41) is 13.5. The maximum absolute atomic E-state index is 13.6. The van der Waals surface area contributed by atoms with E-state index in [9.17, 15) is 24.3 Å². The molecule has 4 aromatic rings. The van der Waals surface area contributed by atoms with Crippen LogP contribution in [0.5, 0.6) is 0 Å². The number of nitrogens with zero attached hydrogens (tertiary/aromatic N) is 1. The van der Waals surface area contributed by atoms with Gasteiger partial charge in [0.05, 0.1) is 11.9 Å². The molecule has 0 bridgehead atoms. The molecule has 0 saturated heterocycles. The van der Waals surface area contributed by atoms with E-state index in [0.717, 1.165) is 22.3 Å². The van der Waals surface area contributed by atoms with E-state index in [1.54, 1.807) is 53.7 Å². The van der Waals surface area contributed by atoms with Crippen LogP contribution < -0.4 is 5.32 Å². The van der Waals surface area contributed by atoms with Crippen molar-refractivity contribution < 1.29 is 38.5 Å². The fraction of sp³-hybridized carbons (Fsp3) is 0.351. The number of carbonyl (C=O) groups excluding carboxylic acids is 3. The van der Waals surface area contributed by atoms with E-state index in [1.165, 1.54) is 10.6 Å². The van der Waals surface area contributed by atoms with Crippen molar-refractivity contribution in [1.29, 1.82) is 0 Å². The van der Waals surface area contributed by atoms with Gasteiger partial charge >= 0.3 is 24.1 Å². The summed E-state index contributed by atoms with van der Waals surface area (Å²) in [4.78, 5) is 52.5. The SMILES string of the molecule is CC(C)(C)OC(=O)Cc1c(C[C@@H](NC(=O)OCC2c3ccccc3-c3ccccc32)C(=O)O)c2ccc(Cl)cc2n1C(=O)OC(C)(C)C. The molecule has 1 atom stereocenters. The normalized spacial score (nSPS) is 13.4. The third-order valence-corrected chi connectivity index (χ3v) is 8.03. The predicted octanol–water partition coefficient (Wildman–Crippen LogP) is 7.50. The van der Waals surface area contributed by atoms with Crippen molar-refractivity contribution >= 4 is 46.6 Å². The van der Waals surface area contributed by atoms with Crippen LogP contribution in [-0.4, -0.2) is 57.6 Å². The summed E-state index contributed by atoms with van der Waals surface area (Å²) in [5.74, 6) is -2.19. The third kappa shape index (κ3) is 7.65. The van der Waals surface area contributed by atoms with Crippen LogP contribution in [0, 0.1) is 0 Å². The van der Waals surface area contributed by atoms with Gasteiger partial charge in [0.2, 0.25) is 0 Å². The Kier molecular flexibility index (Phi) is 9.60. The van der Waals surface area contributed by atoms with E-state index in [0.29, 0.717) is 21.5 Å². The topological polar surface area (TPSA) is 133 Å². The molecule has 0 aliphatic heterocycles. The second kappa shape index (κ2) is 13.4. The number of rotatable bonds is 8. The van der Waals surface area contributed by atoms with Crippen molar-refractivity contribution in [2.24, 2.45) is 0 Å². The molecule has 1 amide bonds. The first-order valence-electron chi connectivity index (χ1n) is 15.6. The van der Waals surface area contributed by atoms with E-state index in [-0.39, 0.29) is 31.1 Å². The fourth-order valence-corrected chi connectivity index (χ4v) is 6.18. The van der Waals surface area contributed by atoms with Crippen molar-refractivity contribution in [2.75, 3.05) is 6.61 Å². The monoisotopic (exact) mass is 674 g/mol. The minimum atomic E-state index is -1.48. The summed E-state index contributed by atoms with van der Waals surface area (Å²) in [6.07, 6.45) is -2.37. The van der Waals surface area contributed by atoms with Crippen molar-refractivity contribution in [3.63, 3.8) is 0 Å². The van der Waals surface area contributed by atoms with E-state index >= 15 is 0 Å². The predicted molar refractivity (Wildman–Crippen MR) is 181 cm³/mol. The average molecular weight is 675 g/mol. The number of esters is 1. The van der Waals surface area contributed by atoms with Crippen molar-refractivity contribution in [1.82, 2.24) is 9.88 Å². The smallest absolute Gasteiger partial charge is 0.419 e. The van der Waals surface area contributed by atoms with Crippen molar-refractivity contribution in [3.05, 3.63) is 94.1 Å². The molecule has 252 valence electrons. The number of ether oxygens (including phenoxy) is 3. The lowest BCUT2D eigenvalue weighted by Crippen LogP contribution is -2.43. The Labute approximate surface area is 283 Å². The maximum Gasteiger partial charge on any atom is 0.419 e. The second-order valence-corrected chi connectivity index (χ2v) is 14.2. The molecule has 10 nitrogen and oxygen atoms in total. The molecule has 1 heterocycles. The Morgan fingerprint density at radius 3 is 2.02 bits per heavy atom. The van der Waals surface area contributed by atoms with Gasteiger partial charge < -0.3 is 24.6 Å². The molecule has 0 fully saturated rings. The lowest BCUT2D eigenvalue weighted by Gasteiger charge is -2.22. The van der Waals surface area contributed by atoms with Crippen LogP contribution in [0.3, 0.4) is 0 Å². The first kappa shape index (κ1) is 34.5. The summed E-state index contributed by atoms with van der Waals surface area (Å²) in [6, 6.07) is 19.1. The zero-order chi connectivity index (χ0) is 35.0. The molecule has 3 aromatic carbocycles. The zero-order valence-corrected chi connectivity index (χ0v) is 28.5. The number of alkyl carbamates (subject to hydrolysis) is 1. The number of carboxylic acid groups (broad SMARTS) is 1. The number of carbonyl (C=O) groups is 4. The molecular weight excluding hydrogens is 636 g/mol. The number of carboxylic acids is 1. The summed E-state index contributed by atoms with van der Waals surface area (Å²) in [7, 11) is 0. The van der Waals surface area contributed by atoms with Gasteiger partial charge in [0.1, 0.15) is 23.9 Å². The Balaban J connectivity index is 1.45. The summed E-state index contributed by atoms with van der Waals surface area (Å²) in [6.45, 7) is 10.3. The number of aromatic nitrogens is 1. The molecule has 0 radical (unpaired) electrons. The number of amides is 1. The molecule has 5 rings (SSSR count). The van der Waals surface area contributed by atoms with Crippen LogP contribution >= 0.6 is 11.6 Å². The molecule has 1 aliphatic rings. The van der Waals surface area contributed by atoms with E-state index in [4.69, 9.17) is 25.8 Å². The van der Waals surface area contributed by atoms with Gasteiger partial charge in [0.25, 0.3) is 0 Å². The lowest BCUT2D eigenvalue weighted by atomic mass is 9.98. The summed E-state index contributed by atoms with van der Waals surface area (Å²) >= 11 is 6.33. The largest absolute Gasteiger partial charge is 0.480 e. The molecule has 2 N–H and O–H groups in total. The number of nitrogens with one attached hydrogen (secondary N) is 1. The first-order chi connectivity index (χ1) is 22.5. The highest BCUT2D eigenvalue weighted by atomic mass is 35.5. The van der Waals surface area contributed by atoms with E-state index in [2.05, 4.69) is 5.32 Å². The van der Waals surface area contributed by atoms with Crippen LogP contribution in [0.15, 0.2) is 66.7 Å². The number of halogens is 1. The van der Waals surface area contributed by atoms with Crippen LogP contribution in [-0.2, 0) is 36.6 Å². The average Bonchev–Trinajstić information content (AvgIpc) is 3.45. The van der Waals surface area contributed by atoms with Crippen LogP contribution in [0.2, 0.25) is 5.02 Å². The highest BCUT2D eigenvalue weighted by molar-refractivity contribution is 6.31. The number of hydrogen-bond acceptors (Lipinski definition) is 7. The molecule has 1 aromatic heterocycles. The van der Waals surface area contributed by atoms with Crippen LogP contribution in [0.1, 0.15) is 69.8 Å². The van der Waals surface area contributed by atoms with Gasteiger partial charge in [-0.2, -0.15) is 0 Å². The molecular formula is C37H39ClN2O8. The minimum absolute atomic E-state index is 0.00740. The zero-order valence-electron chi connectivity index (χ0n) is 27.8. The minimum Gasteiger partial charge on any atom is -0.480 e. The van der Waals surface area contributed by atoms with Gasteiger partial charge in [0.15, 0.2) is 0 Å². The number of benzene rings is 3.